The maximum Gasteiger partial charge on any atom is 0.335 e. The predicted molar refractivity (Wildman–Crippen MR) is 98.3 cm³/mol. The van der Waals surface area contributed by atoms with E-state index in [1.807, 2.05) is 0 Å². The fourth-order valence-electron chi connectivity index (χ4n) is 3.55. The standard InChI is InChI=1S/C19H24N4O3/c1-14(20-10-13-22-11-6-3-7-12-22)16-17(24)21-19(26)23(18(16)25)15-8-4-2-5-9-15/h2,4-5,8-9,16H,3,6-7,10-13H2,1H3,(H,21,24,26)/p+1. The molecule has 3 rings (SSSR count). The number of para-hydroxylation sites is 1. The number of imide groups is 2. The number of anilines is 1. The van der Waals surface area contributed by atoms with Gasteiger partial charge in [-0.15, -0.1) is 0 Å². The van der Waals surface area contributed by atoms with Crippen molar-refractivity contribution in [2.24, 2.45) is 10.9 Å². The summed E-state index contributed by atoms with van der Waals surface area (Å²) >= 11 is 0. The van der Waals surface area contributed by atoms with Gasteiger partial charge in [0, 0.05) is 5.71 Å². The van der Waals surface area contributed by atoms with E-state index in [0.29, 0.717) is 17.9 Å². The number of carbonyl (C=O) groups excluding carboxylic acids is 3. The van der Waals surface area contributed by atoms with Gasteiger partial charge < -0.3 is 4.90 Å². The highest BCUT2D eigenvalue weighted by atomic mass is 16.2. The van der Waals surface area contributed by atoms with E-state index in [1.165, 1.54) is 24.2 Å². The van der Waals surface area contributed by atoms with E-state index < -0.39 is 23.8 Å². The van der Waals surface area contributed by atoms with E-state index in [1.54, 1.807) is 37.3 Å². The van der Waals surface area contributed by atoms with Crippen LogP contribution in [-0.2, 0) is 9.59 Å². The zero-order valence-corrected chi connectivity index (χ0v) is 15.0. The van der Waals surface area contributed by atoms with Crippen LogP contribution in [0, 0.1) is 5.92 Å². The molecule has 2 heterocycles. The van der Waals surface area contributed by atoms with Gasteiger partial charge in [-0.05, 0) is 38.3 Å². The van der Waals surface area contributed by atoms with Gasteiger partial charge in [-0.2, -0.15) is 0 Å². The molecule has 0 bridgehead atoms. The lowest BCUT2D eigenvalue weighted by molar-refractivity contribution is -0.903. The molecule has 2 aliphatic heterocycles. The molecule has 1 aromatic rings. The Bertz CT molecular complexity index is 711. The maximum atomic E-state index is 12.8. The van der Waals surface area contributed by atoms with Crippen LogP contribution >= 0.6 is 0 Å². The smallest absolute Gasteiger partial charge is 0.333 e. The summed E-state index contributed by atoms with van der Waals surface area (Å²) in [4.78, 5) is 44.2. The molecule has 0 saturated carbocycles. The average Bonchev–Trinajstić information content (AvgIpc) is 2.63. The van der Waals surface area contributed by atoms with Gasteiger partial charge in [0.2, 0.25) is 5.91 Å². The third kappa shape index (κ3) is 3.99. The molecule has 138 valence electrons. The number of nitrogens with zero attached hydrogens (tertiary/aromatic N) is 2. The van der Waals surface area contributed by atoms with Crippen LogP contribution < -0.4 is 15.1 Å². The summed E-state index contributed by atoms with van der Waals surface area (Å²) in [5.74, 6) is -2.19. The maximum absolute atomic E-state index is 12.8. The number of aliphatic imine (C=N–C) groups is 1. The molecule has 26 heavy (non-hydrogen) atoms. The largest absolute Gasteiger partial charge is 0.335 e. The van der Waals surface area contributed by atoms with Gasteiger partial charge in [0.05, 0.1) is 31.9 Å². The van der Waals surface area contributed by atoms with Crippen molar-refractivity contribution in [3.05, 3.63) is 30.3 Å². The molecule has 0 spiro atoms. The van der Waals surface area contributed by atoms with Gasteiger partial charge in [-0.3, -0.25) is 19.9 Å². The lowest BCUT2D eigenvalue weighted by Crippen LogP contribution is -3.13. The molecule has 2 fully saturated rings. The Balaban J connectivity index is 1.70. The number of piperidine rings is 1. The Hall–Kier alpha value is -2.54. The minimum absolute atomic E-state index is 0.443. The summed E-state index contributed by atoms with van der Waals surface area (Å²) < 4.78 is 0. The highest BCUT2D eigenvalue weighted by Gasteiger charge is 2.42. The van der Waals surface area contributed by atoms with Crippen LogP contribution in [0.2, 0.25) is 0 Å². The number of quaternary nitrogens is 1. The number of amides is 4. The van der Waals surface area contributed by atoms with Gasteiger partial charge in [-0.1, -0.05) is 18.2 Å². The number of rotatable bonds is 5. The summed E-state index contributed by atoms with van der Waals surface area (Å²) in [6.45, 7) is 5.49. The number of likely N-dealkylation sites (tertiary alicyclic amines) is 1. The predicted octanol–water partition coefficient (Wildman–Crippen LogP) is 0.415. The first-order chi connectivity index (χ1) is 12.6. The van der Waals surface area contributed by atoms with Crippen LogP contribution in [0.4, 0.5) is 10.5 Å². The second-order valence-corrected chi connectivity index (χ2v) is 6.82. The zero-order valence-electron chi connectivity index (χ0n) is 15.0. The van der Waals surface area contributed by atoms with Gasteiger partial charge in [0.25, 0.3) is 5.91 Å². The third-order valence-electron chi connectivity index (χ3n) is 4.98. The normalized spacial score (nSPS) is 22.5. The lowest BCUT2D eigenvalue weighted by Gasteiger charge is -2.30. The first-order valence-electron chi connectivity index (χ1n) is 9.16. The molecule has 1 unspecified atom stereocenters. The summed E-state index contributed by atoms with van der Waals surface area (Å²) in [7, 11) is 0. The summed E-state index contributed by atoms with van der Waals surface area (Å²) in [6.07, 6.45) is 3.79. The van der Waals surface area contributed by atoms with Crippen LogP contribution in [0.25, 0.3) is 0 Å². The molecule has 0 aliphatic carbocycles. The number of carbonyl (C=O) groups is 3. The fourth-order valence-corrected chi connectivity index (χ4v) is 3.55. The molecule has 2 N–H and O–H groups in total. The molecular weight excluding hydrogens is 332 g/mol. The summed E-state index contributed by atoms with van der Waals surface area (Å²) in [6, 6.07) is 7.89. The van der Waals surface area contributed by atoms with E-state index in [4.69, 9.17) is 0 Å². The molecular formula is C19H25N4O3+. The topological polar surface area (TPSA) is 83.3 Å². The fraction of sp³-hybridized carbons (Fsp3) is 0.474. The minimum Gasteiger partial charge on any atom is -0.333 e. The third-order valence-corrected chi connectivity index (χ3v) is 4.98. The van der Waals surface area contributed by atoms with E-state index in [0.717, 1.165) is 24.5 Å². The van der Waals surface area contributed by atoms with Gasteiger partial charge >= 0.3 is 6.03 Å². The molecule has 7 nitrogen and oxygen atoms in total. The van der Waals surface area contributed by atoms with Crippen LogP contribution in [-0.4, -0.2) is 49.7 Å². The molecule has 0 radical (unpaired) electrons. The molecule has 2 aliphatic rings. The minimum atomic E-state index is -1.05. The zero-order chi connectivity index (χ0) is 18.5. The van der Waals surface area contributed by atoms with E-state index in [9.17, 15) is 14.4 Å². The van der Waals surface area contributed by atoms with E-state index in [2.05, 4.69) is 10.3 Å². The van der Waals surface area contributed by atoms with Crippen molar-refractivity contribution in [2.75, 3.05) is 31.1 Å². The van der Waals surface area contributed by atoms with Gasteiger partial charge in [0.1, 0.15) is 0 Å². The number of hydrogen-bond acceptors (Lipinski definition) is 4. The van der Waals surface area contributed by atoms with Crippen molar-refractivity contribution in [3.63, 3.8) is 0 Å². The Morgan fingerprint density at radius 2 is 1.85 bits per heavy atom. The first kappa shape index (κ1) is 18.3. The SMILES string of the molecule is CC(=NCC[NH+]1CCCCC1)C1C(=O)NC(=O)N(c2ccccc2)C1=O. The Labute approximate surface area is 153 Å². The van der Waals surface area contributed by atoms with Crippen molar-refractivity contribution in [2.45, 2.75) is 26.2 Å². The van der Waals surface area contributed by atoms with Gasteiger partial charge in [-0.25, -0.2) is 9.69 Å². The van der Waals surface area contributed by atoms with Crippen molar-refractivity contribution in [3.8, 4) is 0 Å². The van der Waals surface area contributed by atoms with Crippen molar-refractivity contribution in [1.29, 1.82) is 0 Å². The van der Waals surface area contributed by atoms with Crippen LogP contribution in [0.3, 0.4) is 0 Å². The van der Waals surface area contributed by atoms with Crippen LogP contribution in [0.15, 0.2) is 35.3 Å². The summed E-state index contributed by atoms with van der Waals surface area (Å²) in [5, 5.41) is 2.27. The van der Waals surface area contributed by atoms with Crippen LogP contribution in [0.1, 0.15) is 26.2 Å². The second kappa shape index (κ2) is 8.23. The number of urea groups is 1. The number of hydrogen-bond donors (Lipinski definition) is 2. The molecule has 7 heteroatoms. The average molecular weight is 357 g/mol. The highest BCUT2D eigenvalue weighted by Crippen LogP contribution is 2.21. The number of nitrogens with one attached hydrogen (secondary N) is 2. The Morgan fingerprint density at radius 3 is 2.54 bits per heavy atom. The highest BCUT2D eigenvalue weighted by molar-refractivity contribution is 6.35. The quantitative estimate of drug-likeness (QED) is 0.592. The number of benzene rings is 1. The molecule has 0 aromatic heterocycles. The second-order valence-electron chi connectivity index (χ2n) is 6.82. The lowest BCUT2D eigenvalue weighted by atomic mass is 9.99. The monoisotopic (exact) mass is 357 g/mol. The number of barbiturate groups is 1. The van der Waals surface area contributed by atoms with E-state index in [-0.39, 0.29) is 0 Å². The Morgan fingerprint density at radius 1 is 1.15 bits per heavy atom. The van der Waals surface area contributed by atoms with Gasteiger partial charge in [0.15, 0.2) is 5.92 Å². The summed E-state index contributed by atoms with van der Waals surface area (Å²) in [5.41, 5.74) is 0.899. The van der Waals surface area contributed by atoms with Crippen molar-refractivity contribution in [1.82, 2.24) is 5.32 Å². The van der Waals surface area contributed by atoms with Crippen LogP contribution in [0.5, 0.6) is 0 Å². The molecule has 4 amide bonds. The Kier molecular flexibility index (Phi) is 5.78. The molecule has 2 saturated heterocycles. The first-order valence-corrected chi connectivity index (χ1v) is 9.16. The van der Waals surface area contributed by atoms with Crippen molar-refractivity contribution >= 4 is 29.2 Å². The molecule has 1 aromatic carbocycles. The molecule has 1 atom stereocenters. The van der Waals surface area contributed by atoms with Crippen molar-refractivity contribution < 1.29 is 19.3 Å². The van der Waals surface area contributed by atoms with E-state index >= 15 is 0 Å².